The van der Waals surface area contributed by atoms with E-state index in [1.807, 2.05) is 0 Å². The Morgan fingerprint density at radius 1 is 0.947 bits per heavy atom. The lowest BCUT2D eigenvalue weighted by Gasteiger charge is -2.33. The molecule has 38 heavy (non-hydrogen) atoms. The molecule has 3 aromatic rings. The second-order valence-electron chi connectivity index (χ2n) is 8.46. The van der Waals surface area contributed by atoms with E-state index >= 15 is 0 Å². The molecule has 0 saturated carbocycles. The van der Waals surface area contributed by atoms with Gasteiger partial charge in [-0.1, -0.05) is 49.4 Å². The number of hydrogen-bond donors (Lipinski definition) is 1. The third-order valence-electron chi connectivity index (χ3n) is 5.97. The lowest BCUT2D eigenvalue weighted by molar-refractivity contribution is -0.140. The van der Waals surface area contributed by atoms with Crippen molar-refractivity contribution in [1.82, 2.24) is 10.2 Å². The fourth-order valence-electron chi connectivity index (χ4n) is 4.07. The first-order valence-electron chi connectivity index (χ1n) is 12.2. The molecule has 0 aromatic heterocycles. The van der Waals surface area contributed by atoms with Gasteiger partial charge in [-0.15, -0.1) is 0 Å². The molecule has 1 atom stereocenters. The zero-order valence-electron chi connectivity index (χ0n) is 21.6. The second-order valence-corrected chi connectivity index (χ2v) is 10.3. The molecule has 3 aromatic carbocycles. The summed E-state index contributed by atoms with van der Waals surface area (Å²) in [5, 5.41) is 2.74. The minimum atomic E-state index is -4.20. The summed E-state index contributed by atoms with van der Waals surface area (Å²) >= 11 is 0. The molecule has 0 heterocycles. The van der Waals surface area contributed by atoms with Crippen LogP contribution in [0.15, 0.2) is 83.8 Å². The second kappa shape index (κ2) is 13.0. The Kier molecular flexibility index (Phi) is 9.84. The zero-order valence-corrected chi connectivity index (χ0v) is 22.4. The predicted molar refractivity (Wildman–Crippen MR) is 144 cm³/mol. The first kappa shape index (κ1) is 28.6. The van der Waals surface area contributed by atoms with Crippen LogP contribution in [0.1, 0.15) is 25.8 Å². The van der Waals surface area contributed by atoms with Crippen molar-refractivity contribution < 1.29 is 27.1 Å². The van der Waals surface area contributed by atoms with Gasteiger partial charge in [0.05, 0.1) is 17.7 Å². The van der Waals surface area contributed by atoms with Crippen molar-refractivity contribution >= 4 is 27.5 Å². The molecule has 0 aliphatic heterocycles. The van der Waals surface area contributed by atoms with Crippen LogP contribution in [0.25, 0.3) is 0 Å². The Balaban J connectivity index is 2.08. The van der Waals surface area contributed by atoms with Crippen molar-refractivity contribution in [3.8, 4) is 5.75 Å². The predicted octanol–water partition coefficient (Wildman–Crippen LogP) is 3.97. The summed E-state index contributed by atoms with van der Waals surface area (Å²) in [5.74, 6) is -1.13. The zero-order chi connectivity index (χ0) is 27.7. The van der Waals surface area contributed by atoms with E-state index in [0.717, 1.165) is 4.31 Å². The normalized spacial score (nSPS) is 11.9. The Morgan fingerprint density at radius 3 is 2.18 bits per heavy atom. The molecule has 0 aliphatic carbocycles. The molecule has 2 amide bonds. The van der Waals surface area contributed by atoms with Gasteiger partial charge in [0.25, 0.3) is 10.0 Å². The van der Waals surface area contributed by atoms with Crippen LogP contribution in [-0.2, 0) is 26.2 Å². The number of hydrogen-bond acceptors (Lipinski definition) is 5. The maximum atomic E-state index is 13.9. The van der Waals surface area contributed by atoms with Gasteiger partial charge in [-0.25, -0.2) is 12.8 Å². The van der Waals surface area contributed by atoms with Crippen LogP contribution < -0.4 is 14.4 Å². The Hall–Kier alpha value is -3.92. The average Bonchev–Trinajstić information content (AvgIpc) is 2.93. The summed E-state index contributed by atoms with van der Waals surface area (Å²) in [5.41, 5.74) is 0.775. The highest BCUT2D eigenvalue weighted by atomic mass is 32.2. The smallest absolute Gasteiger partial charge is 0.264 e. The van der Waals surface area contributed by atoms with E-state index in [9.17, 15) is 22.4 Å². The number of methoxy groups -OCH3 is 1. The Labute approximate surface area is 223 Å². The third kappa shape index (κ3) is 6.69. The molecule has 202 valence electrons. The number of sulfonamides is 1. The highest BCUT2D eigenvalue weighted by Gasteiger charge is 2.34. The molecule has 3 rings (SSSR count). The molecule has 0 bridgehead atoms. The molecule has 0 aliphatic rings. The van der Waals surface area contributed by atoms with Crippen molar-refractivity contribution in [2.24, 2.45) is 0 Å². The summed E-state index contributed by atoms with van der Waals surface area (Å²) < 4.78 is 47.6. The lowest BCUT2D eigenvalue weighted by Crippen LogP contribution is -2.52. The molecule has 8 nitrogen and oxygen atoms in total. The highest BCUT2D eigenvalue weighted by molar-refractivity contribution is 7.92. The number of para-hydroxylation sites is 2. The maximum Gasteiger partial charge on any atom is 0.264 e. The number of carbonyl (C=O) groups excluding carboxylic acids is 2. The number of ether oxygens (including phenoxy) is 1. The van der Waals surface area contributed by atoms with E-state index in [2.05, 4.69) is 5.32 Å². The SMILES string of the molecule is CCNC(=O)[C@@H](CC)N(Cc1ccc(F)cc1)C(=O)CN(c1ccccc1OC)S(=O)(=O)c1ccccc1. The van der Waals surface area contributed by atoms with Gasteiger partial charge >= 0.3 is 0 Å². The first-order valence-corrected chi connectivity index (χ1v) is 13.7. The van der Waals surface area contributed by atoms with Crippen molar-refractivity contribution in [2.75, 3.05) is 24.5 Å². The van der Waals surface area contributed by atoms with Gasteiger partial charge in [-0.3, -0.25) is 13.9 Å². The van der Waals surface area contributed by atoms with Gasteiger partial charge in [0.2, 0.25) is 11.8 Å². The van der Waals surface area contributed by atoms with Gasteiger partial charge in [-0.05, 0) is 55.3 Å². The van der Waals surface area contributed by atoms with E-state index in [1.54, 1.807) is 56.3 Å². The highest BCUT2D eigenvalue weighted by Crippen LogP contribution is 2.32. The standard InChI is InChI=1S/C28H32FN3O5S/c1-4-24(28(34)30-5-2)31(19-21-15-17-22(29)18-16-21)27(33)20-32(25-13-9-10-14-26(25)37-3)38(35,36)23-11-7-6-8-12-23/h6-18,24H,4-5,19-20H2,1-3H3,(H,30,34)/t24-/m1/s1. The van der Waals surface area contributed by atoms with E-state index < -0.39 is 34.3 Å². The summed E-state index contributed by atoms with van der Waals surface area (Å²) in [6, 6.07) is 19.0. The fourth-order valence-corrected chi connectivity index (χ4v) is 5.51. The van der Waals surface area contributed by atoms with Gasteiger partial charge < -0.3 is 15.0 Å². The lowest BCUT2D eigenvalue weighted by atomic mass is 10.1. The Morgan fingerprint density at radius 2 is 1.58 bits per heavy atom. The number of amides is 2. The first-order chi connectivity index (χ1) is 18.2. The maximum absolute atomic E-state index is 13.9. The average molecular weight is 542 g/mol. The van der Waals surface area contributed by atoms with Crippen molar-refractivity contribution in [3.05, 3.63) is 90.2 Å². The van der Waals surface area contributed by atoms with Gasteiger partial charge in [0, 0.05) is 13.1 Å². The topological polar surface area (TPSA) is 96.0 Å². The van der Waals surface area contributed by atoms with Crippen LogP contribution >= 0.6 is 0 Å². The molecule has 1 N–H and O–H groups in total. The fraction of sp³-hybridized carbons (Fsp3) is 0.286. The van der Waals surface area contributed by atoms with Crippen LogP contribution in [0.2, 0.25) is 0 Å². The monoisotopic (exact) mass is 541 g/mol. The van der Waals surface area contributed by atoms with Crippen LogP contribution in [-0.4, -0.2) is 51.4 Å². The van der Waals surface area contributed by atoms with Crippen molar-refractivity contribution in [2.45, 2.75) is 37.8 Å². The number of carbonyl (C=O) groups is 2. The summed E-state index contributed by atoms with van der Waals surface area (Å²) in [4.78, 5) is 28.2. The van der Waals surface area contributed by atoms with Crippen LogP contribution in [0.5, 0.6) is 5.75 Å². The quantitative estimate of drug-likeness (QED) is 0.374. The Bertz CT molecular complexity index is 1330. The van der Waals surface area contributed by atoms with E-state index in [0.29, 0.717) is 18.5 Å². The van der Waals surface area contributed by atoms with E-state index in [-0.39, 0.29) is 28.8 Å². The summed E-state index contributed by atoms with van der Waals surface area (Å²) in [7, 11) is -2.79. The summed E-state index contributed by atoms with van der Waals surface area (Å²) in [6.45, 7) is 3.30. The number of rotatable bonds is 12. The largest absolute Gasteiger partial charge is 0.495 e. The van der Waals surface area contributed by atoms with Crippen LogP contribution in [0.3, 0.4) is 0 Å². The number of benzene rings is 3. The number of nitrogens with one attached hydrogen (secondary N) is 1. The van der Waals surface area contributed by atoms with Crippen molar-refractivity contribution in [3.63, 3.8) is 0 Å². The number of nitrogens with zero attached hydrogens (tertiary/aromatic N) is 2. The van der Waals surface area contributed by atoms with Gasteiger partial charge in [0.15, 0.2) is 0 Å². The molecule has 0 spiro atoms. The number of likely N-dealkylation sites (N-methyl/N-ethyl adjacent to an activating group) is 1. The molecule has 0 saturated heterocycles. The van der Waals surface area contributed by atoms with Crippen LogP contribution in [0, 0.1) is 5.82 Å². The van der Waals surface area contributed by atoms with Gasteiger partial charge in [-0.2, -0.15) is 0 Å². The molecule has 0 radical (unpaired) electrons. The van der Waals surface area contributed by atoms with E-state index in [4.69, 9.17) is 4.74 Å². The molecular formula is C28H32FN3O5S. The minimum absolute atomic E-state index is 0.000409. The number of halogens is 1. The van der Waals surface area contributed by atoms with Crippen LogP contribution in [0.4, 0.5) is 10.1 Å². The minimum Gasteiger partial charge on any atom is -0.495 e. The molecule has 0 unspecified atom stereocenters. The number of anilines is 1. The molecular weight excluding hydrogens is 509 g/mol. The van der Waals surface area contributed by atoms with Gasteiger partial charge in [0.1, 0.15) is 24.2 Å². The third-order valence-corrected chi connectivity index (χ3v) is 7.74. The van der Waals surface area contributed by atoms with Crippen molar-refractivity contribution in [1.29, 1.82) is 0 Å². The molecule has 10 heteroatoms. The summed E-state index contributed by atoms with van der Waals surface area (Å²) in [6.07, 6.45) is 0.291. The molecule has 0 fully saturated rings. The van der Waals surface area contributed by atoms with E-state index in [1.165, 1.54) is 48.4 Å².